The maximum absolute atomic E-state index is 8.58. The van der Waals surface area contributed by atoms with E-state index in [4.69, 9.17) is 10.8 Å². The number of nitrogens with two attached hydrogens (primary N) is 1. The Balaban J connectivity index is 2.40. The van der Waals surface area contributed by atoms with E-state index in [2.05, 4.69) is 10.2 Å². The van der Waals surface area contributed by atoms with E-state index in [1.54, 1.807) is 12.4 Å². The first-order valence-electron chi connectivity index (χ1n) is 3.17. The molecule has 0 fully saturated rings. The van der Waals surface area contributed by atoms with Crippen molar-refractivity contribution in [3.63, 3.8) is 0 Å². The Hall–Kier alpha value is -0.870. The van der Waals surface area contributed by atoms with Gasteiger partial charge in [0.05, 0.1) is 12.8 Å². The van der Waals surface area contributed by atoms with Gasteiger partial charge in [0.15, 0.2) is 0 Å². The summed E-state index contributed by atoms with van der Waals surface area (Å²) in [5, 5.41) is 15.0. The van der Waals surface area contributed by atoms with Crippen LogP contribution in [0.25, 0.3) is 0 Å². The molecule has 56 valence electrons. The van der Waals surface area contributed by atoms with Gasteiger partial charge in [-0.2, -0.15) is 5.10 Å². The Morgan fingerprint density at radius 2 is 2.60 bits per heavy atom. The Morgan fingerprint density at radius 3 is 3.10 bits per heavy atom. The molecule has 1 aromatic heterocycles. The van der Waals surface area contributed by atoms with Gasteiger partial charge in [0.25, 0.3) is 0 Å². The van der Waals surface area contributed by atoms with E-state index in [1.807, 2.05) is 0 Å². The van der Waals surface area contributed by atoms with Crippen molar-refractivity contribution in [3.8, 4) is 0 Å². The Labute approximate surface area is 59.1 Å². The van der Waals surface area contributed by atoms with Crippen LogP contribution < -0.4 is 5.73 Å². The fourth-order valence-electron chi connectivity index (χ4n) is 0.757. The van der Waals surface area contributed by atoms with Gasteiger partial charge in [-0.05, 0) is 12.0 Å². The highest BCUT2D eigenvalue weighted by molar-refractivity contribution is 5.04. The summed E-state index contributed by atoms with van der Waals surface area (Å²) in [6.45, 7) is 0.0190. The van der Waals surface area contributed by atoms with Gasteiger partial charge in [0, 0.05) is 12.2 Å². The molecule has 0 aliphatic carbocycles. The second-order valence-electron chi connectivity index (χ2n) is 2.25. The second kappa shape index (κ2) is 3.34. The van der Waals surface area contributed by atoms with Gasteiger partial charge in [0.1, 0.15) is 0 Å². The molecule has 0 aliphatic rings. The third-order valence-corrected chi connectivity index (χ3v) is 1.29. The van der Waals surface area contributed by atoms with E-state index >= 15 is 0 Å². The monoisotopic (exact) mass is 141 g/mol. The van der Waals surface area contributed by atoms with Crippen LogP contribution in [0.4, 0.5) is 0 Å². The lowest BCUT2D eigenvalue weighted by Crippen LogP contribution is -2.26. The van der Waals surface area contributed by atoms with E-state index in [1.165, 1.54) is 0 Å². The van der Waals surface area contributed by atoms with Crippen molar-refractivity contribution < 1.29 is 5.11 Å². The first-order valence-corrected chi connectivity index (χ1v) is 3.17. The zero-order valence-corrected chi connectivity index (χ0v) is 5.62. The number of hydrogen-bond donors (Lipinski definition) is 3. The van der Waals surface area contributed by atoms with Crippen LogP contribution in [0.3, 0.4) is 0 Å². The molecule has 0 radical (unpaired) electrons. The van der Waals surface area contributed by atoms with Crippen molar-refractivity contribution >= 4 is 0 Å². The number of hydrogen-bond acceptors (Lipinski definition) is 3. The number of aromatic nitrogens is 2. The molecule has 0 bridgehead atoms. The summed E-state index contributed by atoms with van der Waals surface area (Å²) in [6.07, 6.45) is 4.15. The highest BCUT2D eigenvalue weighted by Gasteiger charge is 2.01. The molecule has 0 amide bonds. The van der Waals surface area contributed by atoms with Crippen molar-refractivity contribution in [1.82, 2.24) is 10.2 Å². The van der Waals surface area contributed by atoms with E-state index in [9.17, 15) is 0 Å². The van der Waals surface area contributed by atoms with Crippen LogP contribution in [0, 0.1) is 0 Å². The Bertz CT molecular complexity index is 173. The van der Waals surface area contributed by atoms with Crippen LogP contribution in [-0.4, -0.2) is 28.0 Å². The number of aliphatic hydroxyl groups is 1. The van der Waals surface area contributed by atoms with Crippen molar-refractivity contribution in [2.75, 3.05) is 6.61 Å². The first-order chi connectivity index (χ1) is 4.83. The van der Waals surface area contributed by atoms with Crippen molar-refractivity contribution in [2.24, 2.45) is 5.73 Å². The van der Waals surface area contributed by atoms with Crippen molar-refractivity contribution in [1.29, 1.82) is 0 Å². The first kappa shape index (κ1) is 7.24. The average Bonchev–Trinajstić information content (AvgIpc) is 2.40. The van der Waals surface area contributed by atoms with Crippen LogP contribution in [0.1, 0.15) is 5.56 Å². The number of H-pyrrole nitrogens is 1. The number of rotatable bonds is 3. The van der Waals surface area contributed by atoms with Gasteiger partial charge in [-0.25, -0.2) is 0 Å². The summed E-state index contributed by atoms with van der Waals surface area (Å²) in [7, 11) is 0. The van der Waals surface area contributed by atoms with Gasteiger partial charge in [-0.1, -0.05) is 0 Å². The van der Waals surface area contributed by atoms with Gasteiger partial charge in [-0.3, -0.25) is 5.10 Å². The fraction of sp³-hybridized carbons (Fsp3) is 0.500. The molecule has 1 heterocycles. The molecule has 0 saturated heterocycles. The minimum atomic E-state index is -0.169. The molecule has 1 atom stereocenters. The summed E-state index contributed by atoms with van der Waals surface area (Å²) < 4.78 is 0. The zero-order valence-electron chi connectivity index (χ0n) is 5.62. The summed E-state index contributed by atoms with van der Waals surface area (Å²) >= 11 is 0. The molecular weight excluding hydrogens is 130 g/mol. The zero-order chi connectivity index (χ0) is 7.40. The quantitative estimate of drug-likeness (QED) is 0.519. The van der Waals surface area contributed by atoms with Crippen LogP contribution in [-0.2, 0) is 6.42 Å². The van der Waals surface area contributed by atoms with E-state index in [0.29, 0.717) is 6.42 Å². The summed E-state index contributed by atoms with van der Waals surface area (Å²) in [6, 6.07) is -0.169. The second-order valence-corrected chi connectivity index (χ2v) is 2.25. The van der Waals surface area contributed by atoms with Gasteiger partial charge in [-0.15, -0.1) is 0 Å². The smallest absolute Gasteiger partial charge is 0.0585 e. The molecule has 4 nitrogen and oxygen atoms in total. The molecule has 4 N–H and O–H groups in total. The average molecular weight is 141 g/mol. The largest absolute Gasteiger partial charge is 0.395 e. The fourth-order valence-corrected chi connectivity index (χ4v) is 0.757. The molecule has 0 aromatic carbocycles. The van der Waals surface area contributed by atoms with Crippen LogP contribution in [0.5, 0.6) is 0 Å². The predicted molar refractivity (Wildman–Crippen MR) is 37.4 cm³/mol. The number of aromatic amines is 1. The molecule has 10 heavy (non-hydrogen) atoms. The lowest BCUT2D eigenvalue weighted by Gasteiger charge is -2.03. The topological polar surface area (TPSA) is 74.9 Å². The van der Waals surface area contributed by atoms with Crippen LogP contribution in [0.2, 0.25) is 0 Å². The van der Waals surface area contributed by atoms with E-state index in [-0.39, 0.29) is 12.6 Å². The highest BCUT2D eigenvalue weighted by Crippen LogP contribution is 1.96. The van der Waals surface area contributed by atoms with Crippen LogP contribution >= 0.6 is 0 Å². The van der Waals surface area contributed by atoms with Crippen molar-refractivity contribution in [2.45, 2.75) is 12.5 Å². The molecule has 1 aromatic rings. The third kappa shape index (κ3) is 1.82. The maximum atomic E-state index is 8.58. The van der Waals surface area contributed by atoms with Gasteiger partial charge < -0.3 is 10.8 Å². The molecule has 0 saturated carbocycles. The summed E-state index contributed by atoms with van der Waals surface area (Å²) in [5.41, 5.74) is 6.50. The van der Waals surface area contributed by atoms with Gasteiger partial charge in [0.2, 0.25) is 0 Å². The minimum absolute atomic E-state index is 0.0190. The number of nitrogens with zero attached hydrogens (tertiary/aromatic N) is 1. The van der Waals surface area contributed by atoms with Gasteiger partial charge >= 0.3 is 0 Å². The molecule has 1 rings (SSSR count). The molecular formula is C6H11N3O. The number of nitrogens with one attached hydrogen (secondary N) is 1. The molecule has 0 spiro atoms. The third-order valence-electron chi connectivity index (χ3n) is 1.29. The lowest BCUT2D eigenvalue weighted by atomic mass is 10.1. The highest BCUT2D eigenvalue weighted by atomic mass is 16.3. The molecule has 0 aliphatic heterocycles. The number of aliphatic hydroxyl groups excluding tert-OH is 1. The summed E-state index contributed by atoms with van der Waals surface area (Å²) in [4.78, 5) is 0. The maximum Gasteiger partial charge on any atom is 0.0585 e. The van der Waals surface area contributed by atoms with E-state index in [0.717, 1.165) is 5.56 Å². The minimum Gasteiger partial charge on any atom is -0.395 e. The predicted octanol–water partition coefficient (Wildman–Crippen LogP) is -0.728. The van der Waals surface area contributed by atoms with Crippen molar-refractivity contribution in [3.05, 3.63) is 18.0 Å². The Morgan fingerprint density at radius 1 is 1.80 bits per heavy atom. The molecule has 4 heteroatoms. The normalized spacial score (nSPS) is 13.4. The summed E-state index contributed by atoms with van der Waals surface area (Å²) in [5.74, 6) is 0. The SMILES string of the molecule is NC(CO)Cc1cn[nH]c1. The molecule has 1 unspecified atom stereocenters. The van der Waals surface area contributed by atoms with E-state index < -0.39 is 0 Å². The standard InChI is InChI=1S/C6H11N3O/c7-6(4-10)1-5-2-8-9-3-5/h2-3,6,10H,1,4,7H2,(H,8,9). The van der Waals surface area contributed by atoms with Crippen LogP contribution in [0.15, 0.2) is 12.4 Å². The lowest BCUT2D eigenvalue weighted by molar-refractivity contribution is 0.265. The Kier molecular flexibility index (Phi) is 2.42.